The van der Waals surface area contributed by atoms with Crippen LogP contribution >= 0.6 is 11.6 Å². The number of para-hydroxylation sites is 1. The molecule has 9 heteroatoms. The van der Waals surface area contributed by atoms with Crippen molar-refractivity contribution in [1.82, 2.24) is 5.43 Å². The van der Waals surface area contributed by atoms with Crippen LogP contribution in [0.2, 0.25) is 5.02 Å². The minimum absolute atomic E-state index is 0.131. The lowest BCUT2D eigenvalue weighted by Gasteiger charge is -2.06. The van der Waals surface area contributed by atoms with Crippen LogP contribution in [0.25, 0.3) is 0 Å². The lowest BCUT2D eigenvalue weighted by atomic mass is 10.2. The summed E-state index contributed by atoms with van der Waals surface area (Å²) in [7, 11) is 0. The van der Waals surface area contributed by atoms with Crippen LogP contribution in [0.15, 0.2) is 71.8 Å². The Kier molecular flexibility index (Phi) is 6.52. The molecule has 1 amide bonds. The van der Waals surface area contributed by atoms with Crippen LogP contribution in [0.3, 0.4) is 0 Å². The molecule has 0 saturated heterocycles. The summed E-state index contributed by atoms with van der Waals surface area (Å²) in [5.74, 6) is 0.921. The molecule has 0 radical (unpaired) electrons. The Morgan fingerprint density at radius 1 is 1.03 bits per heavy atom. The molecule has 1 N–H and O–H groups in total. The molecule has 0 unspecified atom stereocenters. The van der Waals surface area contributed by atoms with Crippen molar-refractivity contribution in [1.29, 1.82) is 0 Å². The van der Waals surface area contributed by atoms with Crippen LogP contribution in [-0.4, -0.2) is 31.5 Å². The van der Waals surface area contributed by atoms with E-state index in [1.54, 1.807) is 66.7 Å². The largest absolute Gasteiger partial charge is 0.482 e. The summed E-state index contributed by atoms with van der Waals surface area (Å²) < 4.78 is 21.2. The molecule has 0 saturated carbocycles. The lowest BCUT2D eigenvalue weighted by molar-refractivity contribution is -0.123. The monoisotopic (exact) mass is 452 g/mol. The number of esters is 1. The highest BCUT2D eigenvalue weighted by Gasteiger charge is 2.17. The molecule has 162 valence electrons. The topological polar surface area (TPSA) is 95.5 Å². The minimum Gasteiger partial charge on any atom is -0.482 e. The Bertz CT molecular complexity index is 1160. The van der Waals surface area contributed by atoms with Gasteiger partial charge >= 0.3 is 5.97 Å². The van der Waals surface area contributed by atoms with E-state index in [9.17, 15) is 9.59 Å². The number of hydrogen-bond acceptors (Lipinski definition) is 7. The molecular weight excluding hydrogens is 436 g/mol. The van der Waals surface area contributed by atoms with Gasteiger partial charge in [0, 0.05) is 0 Å². The Labute approximate surface area is 188 Å². The van der Waals surface area contributed by atoms with Gasteiger partial charge in [-0.2, -0.15) is 5.10 Å². The number of fused-ring (bicyclic) bond motifs is 1. The van der Waals surface area contributed by atoms with Crippen molar-refractivity contribution in [2.75, 3.05) is 13.4 Å². The van der Waals surface area contributed by atoms with Crippen LogP contribution in [0.4, 0.5) is 0 Å². The average Bonchev–Trinajstić information content (AvgIpc) is 3.28. The summed E-state index contributed by atoms with van der Waals surface area (Å²) in [6.45, 7) is -0.0957. The number of hydrazone groups is 1. The maximum Gasteiger partial charge on any atom is 0.343 e. The summed E-state index contributed by atoms with van der Waals surface area (Å²) in [6, 6.07) is 18.3. The van der Waals surface area contributed by atoms with Gasteiger partial charge in [-0.25, -0.2) is 10.2 Å². The highest BCUT2D eigenvalue weighted by molar-refractivity contribution is 6.32. The van der Waals surface area contributed by atoms with E-state index in [4.69, 9.17) is 30.5 Å². The average molecular weight is 453 g/mol. The van der Waals surface area contributed by atoms with Gasteiger partial charge in [-0.15, -0.1) is 0 Å². The van der Waals surface area contributed by atoms with Crippen molar-refractivity contribution in [3.63, 3.8) is 0 Å². The zero-order chi connectivity index (χ0) is 22.3. The molecule has 1 aliphatic rings. The van der Waals surface area contributed by atoms with E-state index in [1.807, 2.05) is 0 Å². The van der Waals surface area contributed by atoms with Crippen LogP contribution in [0.5, 0.6) is 23.0 Å². The first-order valence-electron chi connectivity index (χ1n) is 9.49. The number of nitrogens with zero attached hydrogens (tertiary/aromatic N) is 1. The molecule has 0 atom stereocenters. The van der Waals surface area contributed by atoms with E-state index in [0.29, 0.717) is 39.1 Å². The normalized spacial score (nSPS) is 11.9. The van der Waals surface area contributed by atoms with Gasteiger partial charge in [0.15, 0.2) is 18.1 Å². The molecule has 0 aromatic heterocycles. The first kappa shape index (κ1) is 21.2. The molecule has 0 aliphatic carbocycles. The van der Waals surface area contributed by atoms with E-state index in [2.05, 4.69) is 10.5 Å². The highest BCUT2D eigenvalue weighted by Crippen LogP contribution is 2.32. The summed E-state index contributed by atoms with van der Waals surface area (Å²) in [5.41, 5.74) is 3.41. The third-order valence-electron chi connectivity index (χ3n) is 4.30. The van der Waals surface area contributed by atoms with Crippen molar-refractivity contribution in [2.24, 2.45) is 5.10 Å². The van der Waals surface area contributed by atoms with E-state index in [0.717, 1.165) is 0 Å². The third-order valence-corrected chi connectivity index (χ3v) is 4.61. The summed E-state index contributed by atoms with van der Waals surface area (Å²) >= 11 is 5.97. The van der Waals surface area contributed by atoms with Crippen molar-refractivity contribution < 1.29 is 28.5 Å². The molecule has 3 aromatic rings. The molecule has 0 fully saturated rings. The SMILES string of the molecule is O=C(COc1ccccc1Cl)N/N=C/c1ccc(OC(=O)c2ccc3c(c2)OCO3)cc1. The van der Waals surface area contributed by atoms with Gasteiger partial charge < -0.3 is 18.9 Å². The fourth-order valence-electron chi connectivity index (χ4n) is 2.73. The molecule has 4 rings (SSSR count). The van der Waals surface area contributed by atoms with Crippen LogP contribution < -0.4 is 24.4 Å². The second kappa shape index (κ2) is 9.84. The fourth-order valence-corrected chi connectivity index (χ4v) is 2.92. The van der Waals surface area contributed by atoms with Gasteiger partial charge in [-0.3, -0.25) is 4.79 Å². The fraction of sp³-hybridized carbons (Fsp3) is 0.0870. The van der Waals surface area contributed by atoms with E-state index in [-0.39, 0.29) is 13.4 Å². The highest BCUT2D eigenvalue weighted by atomic mass is 35.5. The Morgan fingerprint density at radius 3 is 2.62 bits per heavy atom. The number of carbonyl (C=O) groups is 2. The number of carbonyl (C=O) groups excluding carboxylic acids is 2. The number of benzene rings is 3. The third kappa shape index (κ3) is 5.35. The van der Waals surface area contributed by atoms with Crippen molar-refractivity contribution in [3.05, 3.63) is 82.9 Å². The quantitative estimate of drug-likeness (QED) is 0.253. The Hall–Kier alpha value is -4.04. The number of halogens is 1. The van der Waals surface area contributed by atoms with Gasteiger partial charge in [0.1, 0.15) is 11.5 Å². The number of ether oxygens (including phenoxy) is 4. The Balaban J connectivity index is 1.26. The standard InChI is InChI=1S/C23H17ClN2O6/c24-18-3-1-2-4-19(18)29-13-22(27)26-25-12-15-5-8-17(9-6-15)32-23(28)16-7-10-20-21(11-16)31-14-30-20/h1-12H,13-14H2,(H,26,27)/b25-12+. The summed E-state index contributed by atoms with van der Waals surface area (Å²) in [6.07, 6.45) is 1.46. The number of amides is 1. The van der Waals surface area contributed by atoms with Crippen LogP contribution in [0.1, 0.15) is 15.9 Å². The molecular formula is C23H17ClN2O6. The molecule has 0 bridgehead atoms. The van der Waals surface area contributed by atoms with Gasteiger partial charge in [0.2, 0.25) is 6.79 Å². The van der Waals surface area contributed by atoms with E-state index >= 15 is 0 Å². The Morgan fingerprint density at radius 2 is 1.81 bits per heavy atom. The van der Waals surface area contributed by atoms with Crippen LogP contribution in [-0.2, 0) is 4.79 Å². The number of rotatable bonds is 7. The van der Waals surface area contributed by atoms with Crippen LogP contribution in [0, 0.1) is 0 Å². The number of hydrogen-bond donors (Lipinski definition) is 1. The zero-order valence-corrected chi connectivity index (χ0v) is 17.4. The van der Waals surface area contributed by atoms with Crippen molar-refractivity contribution in [2.45, 2.75) is 0 Å². The van der Waals surface area contributed by atoms with Gasteiger partial charge in [-0.05, 0) is 60.2 Å². The maximum absolute atomic E-state index is 12.3. The second-order valence-corrected chi connectivity index (χ2v) is 6.95. The summed E-state index contributed by atoms with van der Waals surface area (Å²) in [4.78, 5) is 24.1. The smallest absolute Gasteiger partial charge is 0.343 e. The first-order chi connectivity index (χ1) is 15.6. The molecule has 0 spiro atoms. The molecule has 8 nitrogen and oxygen atoms in total. The lowest BCUT2D eigenvalue weighted by Crippen LogP contribution is -2.24. The van der Waals surface area contributed by atoms with Gasteiger partial charge in [0.25, 0.3) is 5.91 Å². The molecule has 1 aliphatic heterocycles. The maximum atomic E-state index is 12.3. The predicted octanol–water partition coefficient (Wildman–Crippen LogP) is 3.82. The molecule has 32 heavy (non-hydrogen) atoms. The number of nitrogens with one attached hydrogen (secondary N) is 1. The minimum atomic E-state index is -0.518. The van der Waals surface area contributed by atoms with Crippen molar-refractivity contribution in [3.8, 4) is 23.0 Å². The summed E-state index contributed by atoms with van der Waals surface area (Å²) in [5, 5.41) is 4.30. The predicted molar refractivity (Wildman–Crippen MR) is 117 cm³/mol. The molecule has 1 heterocycles. The van der Waals surface area contributed by atoms with Gasteiger partial charge in [-0.1, -0.05) is 23.7 Å². The second-order valence-electron chi connectivity index (χ2n) is 6.54. The van der Waals surface area contributed by atoms with Gasteiger partial charge in [0.05, 0.1) is 16.8 Å². The van der Waals surface area contributed by atoms with Crippen molar-refractivity contribution >= 4 is 29.7 Å². The molecule has 3 aromatic carbocycles. The van der Waals surface area contributed by atoms with E-state index in [1.165, 1.54) is 6.21 Å². The van der Waals surface area contributed by atoms with E-state index < -0.39 is 11.9 Å². The zero-order valence-electron chi connectivity index (χ0n) is 16.6. The first-order valence-corrected chi connectivity index (χ1v) is 9.87.